The first-order valence-electron chi connectivity index (χ1n) is 6.26. The van der Waals surface area contributed by atoms with Crippen LogP contribution in [0.4, 0.5) is 5.69 Å². The quantitative estimate of drug-likeness (QED) is 0.865. The molecule has 1 aromatic heterocycles. The SMILES string of the molecule is O=C(Nc1cnn([C@@H]2CCOC2)c1)C1CCC1. The Hall–Kier alpha value is -1.36. The molecular weight excluding hydrogens is 218 g/mol. The number of rotatable bonds is 3. The van der Waals surface area contributed by atoms with Crippen molar-refractivity contribution in [3.8, 4) is 0 Å². The maximum atomic E-state index is 11.8. The second-order valence-corrected chi connectivity index (χ2v) is 4.84. The average molecular weight is 235 g/mol. The van der Waals surface area contributed by atoms with Gasteiger partial charge in [0.25, 0.3) is 0 Å². The molecule has 92 valence electrons. The largest absolute Gasteiger partial charge is 0.379 e. The molecule has 0 spiro atoms. The first-order valence-corrected chi connectivity index (χ1v) is 6.26. The Morgan fingerprint density at radius 2 is 2.35 bits per heavy atom. The summed E-state index contributed by atoms with van der Waals surface area (Å²) in [5.41, 5.74) is 0.800. The van der Waals surface area contributed by atoms with Gasteiger partial charge >= 0.3 is 0 Å². The third-order valence-electron chi connectivity index (χ3n) is 3.62. The van der Waals surface area contributed by atoms with Gasteiger partial charge in [-0.1, -0.05) is 6.42 Å². The number of hydrogen-bond donors (Lipinski definition) is 1. The molecule has 0 bridgehead atoms. The Kier molecular flexibility index (Phi) is 2.84. The van der Waals surface area contributed by atoms with Crippen molar-refractivity contribution in [3.63, 3.8) is 0 Å². The Morgan fingerprint density at radius 3 is 3.00 bits per heavy atom. The lowest BCUT2D eigenvalue weighted by molar-refractivity contribution is -0.122. The van der Waals surface area contributed by atoms with Crippen LogP contribution >= 0.6 is 0 Å². The van der Waals surface area contributed by atoms with E-state index >= 15 is 0 Å². The fourth-order valence-corrected chi connectivity index (χ4v) is 2.25. The first-order chi connectivity index (χ1) is 8.33. The van der Waals surface area contributed by atoms with Crippen molar-refractivity contribution in [3.05, 3.63) is 12.4 Å². The second kappa shape index (κ2) is 4.49. The van der Waals surface area contributed by atoms with Crippen molar-refractivity contribution in [2.75, 3.05) is 18.5 Å². The van der Waals surface area contributed by atoms with Crippen LogP contribution in [0, 0.1) is 5.92 Å². The molecule has 1 aliphatic carbocycles. The van der Waals surface area contributed by atoms with E-state index in [1.165, 1.54) is 6.42 Å². The van der Waals surface area contributed by atoms with Gasteiger partial charge in [-0.15, -0.1) is 0 Å². The zero-order valence-corrected chi connectivity index (χ0v) is 9.76. The lowest BCUT2D eigenvalue weighted by Crippen LogP contribution is -2.27. The van der Waals surface area contributed by atoms with E-state index in [0.717, 1.165) is 38.2 Å². The first kappa shape index (κ1) is 10.8. The van der Waals surface area contributed by atoms with E-state index in [4.69, 9.17) is 4.74 Å². The molecular formula is C12H17N3O2. The Bertz CT molecular complexity index is 406. The van der Waals surface area contributed by atoms with Crippen molar-refractivity contribution in [2.24, 2.45) is 5.92 Å². The average Bonchev–Trinajstić information content (AvgIpc) is 2.82. The van der Waals surface area contributed by atoms with Crippen molar-refractivity contribution in [2.45, 2.75) is 31.7 Å². The minimum atomic E-state index is 0.137. The molecule has 1 saturated carbocycles. The smallest absolute Gasteiger partial charge is 0.227 e. The third kappa shape index (κ3) is 2.20. The van der Waals surface area contributed by atoms with Crippen molar-refractivity contribution >= 4 is 11.6 Å². The van der Waals surface area contributed by atoms with Crippen LogP contribution < -0.4 is 5.32 Å². The molecule has 1 amide bonds. The maximum Gasteiger partial charge on any atom is 0.227 e. The van der Waals surface area contributed by atoms with E-state index in [0.29, 0.717) is 6.04 Å². The molecule has 0 aromatic carbocycles. The fourth-order valence-electron chi connectivity index (χ4n) is 2.25. The Balaban J connectivity index is 1.61. The predicted octanol–water partition coefficient (Wildman–Crippen LogP) is 1.58. The molecule has 1 N–H and O–H groups in total. The minimum Gasteiger partial charge on any atom is -0.379 e. The molecule has 3 rings (SSSR count). The topological polar surface area (TPSA) is 56.2 Å². The number of ether oxygens (including phenoxy) is 1. The van der Waals surface area contributed by atoms with Crippen LogP contribution in [0.1, 0.15) is 31.7 Å². The van der Waals surface area contributed by atoms with Crippen LogP contribution in [0.15, 0.2) is 12.4 Å². The van der Waals surface area contributed by atoms with E-state index in [-0.39, 0.29) is 11.8 Å². The van der Waals surface area contributed by atoms with Gasteiger partial charge in [0.05, 0.1) is 24.5 Å². The molecule has 0 radical (unpaired) electrons. The maximum absolute atomic E-state index is 11.8. The molecule has 2 aliphatic rings. The van der Waals surface area contributed by atoms with Gasteiger partial charge in [0.1, 0.15) is 0 Å². The second-order valence-electron chi connectivity index (χ2n) is 4.84. The number of aromatic nitrogens is 2. The van der Waals surface area contributed by atoms with Crippen LogP contribution in [-0.4, -0.2) is 28.9 Å². The van der Waals surface area contributed by atoms with Crippen LogP contribution in [0.5, 0.6) is 0 Å². The van der Waals surface area contributed by atoms with Gasteiger partial charge in [0.2, 0.25) is 5.91 Å². The number of nitrogens with zero attached hydrogens (tertiary/aromatic N) is 2. The summed E-state index contributed by atoms with van der Waals surface area (Å²) in [7, 11) is 0. The zero-order valence-electron chi connectivity index (χ0n) is 9.76. The summed E-state index contributed by atoms with van der Waals surface area (Å²) in [6.45, 7) is 1.52. The molecule has 1 saturated heterocycles. The van der Waals surface area contributed by atoms with Crippen LogP contribution in [0.2, 0.25) is 0 Å². The highest BCUT2D eigenvalue weighted by molar-refractivity contribution is 5.92. The van der Waals surface area contributed by atoms with Gasteiger partial charge in [0.15, 0.2) is 0 Å². The highest BCUT2D eigenvalue weighted by Crippen LogP contribution is 2.27. The summed E-state index contributed by atoms with van der Waals surface area (Å²) in [6, 6.07) is 0.323. The van der Waals surface area contributed by atoms with E-state index in [2.05, 4.69) is 10.4 Å². The summed E-state index contributed by atoms with van der Waals surface area (Å²) in [6.07, 6.45) is 7.84. The predicted molar refractivity (Wildman–Crippen MR) is 62.7 cm³/mol. The Morgan fingerprint density at radius 1 is 1.47 bits per heavy atom. The van der Waals surface area contributed by atoms with E-state index in [9.17, 15) is 4.79 Å². The van der Waals surface area contributed by atoms with Gasteiger partial charge in [-0.2, -0.15) is 5.10 Å². The molecule has 0 unspecified atom stereocenters. The van der Waals surface area contributed by atoms with Crippen LogP contribution in [0.3, 0.4) is 0 Å². The van der Waals surface area contributed by atoms with Crippen molar-refractivity contribution in [1.82, 2.24) is 9.78 Å². The highest BCUT2D eigenvalue weighted by Gasteiger charge is 2.25. The number of carbonyl (C=O) groups is 1. The molecule has 5 heteroatoms. The van der Waals surface area contributed by atoms with Crippen molar-refractivity contribution in [1.29, 1.82) is 0 Å². The van der Waals surface area contributed by atoms with E-state index in [1.807, 2.05) is 10.9 Å². The monoisotopic (exact) mass is 235 g/mol. The molecule has 17 heavy (non-hydrogen) atoms. The third-order valence-corrected chi connectivity index (χ3v) is 3.62. The van der Waals surface area contributed by atoms with Gasteiger partial charge in [-0.3, -0.25) is 9.48 Å². The van der Waals surface area contributed by atoms with Crippen LogP contribution in [0.25, 0.3) is 0 Å². The molecule has 2 fully saturated rings. The number of carbonyl (C=O) groups excluding carboxylic acids is 1. The van der Waals surface area contributed by atoms with E-state index in [1.54, 1.807) is 6.20 Å². The summed E-state index contributed by atoms with van der Waals surface area (Å²) in [4.78, 5) is 11.8. The lowest BCUT2D eigenvalue weighted by atomic mass is 9.85. The Labute approximate surface area is 100 Å². The summed E-state index contributed by atoms with van der Waals surface area (Å²) < 4.78 is 7.21. The molecule has 5 nitrogen and oxygen atoms in total. The highest BCUT2D eigenvalue weighted by atomic mass is 16.5. The molecule has 1 aliphatic heterocycles. The van der Waals surface area contributed by atoms with Crippen molar-refractivity contribution < 1.29 is 9.53 Å². The number of hydrogen-bond acceptors (Lipinski definition) is 3. The van der Waals surface area contributed by atoms with Gasteiger partial charge in [-0.05, 0) is 19.3 Å². The van der Waals surface area contributed by atoms with E-state index < -0.39 is 0 Å². The summed E-state index contributed by atoms with van der Waals surface area (Å²) >= 11 is 0. The minimum absolute atomic E-state index is 0.137. The normalized spacial score (nSPS) is 24.6. The molecule has 2 heterocycles. The fraction of sp³-hybridized carbons (Fsp3) is 0.667. The number of anilines is 1. The van der Waals surface area contributed by atoms with Gasteiger partial charge in [0, 0.05) is 18.7 Å². The number of nitrogens with one attached hydrogen (secondary N) is 1. The summed E-state index contributed by atoms with van der Waals surface area (Å²) in [5, 5.41) is 7.20. The molecule has 1 atom stereocenters. The zero-order chi connectivity index (χ0) is 11.7. The van der Waals surface area contributed by atoms with Gasteiger partial charge < -0.3 is 10.1 Å². The molecule has 1 aromatic rings. The van der Waals surface area contributed by atoms with Gasteiger partial charge in [-0.25, -0.2) is 0 Å². The standard InChI is InChI=1S/C12H17N3O2/c16-12(9-2-1-3-9)14-10-6-13-15(7-10)11-4-5-17-8-11/h6-7,9,11H,1-5,8H2,(H,14,16)/t11-/m1/s1. The number of amides is 1. The lowest BCUT2D eigenvalue weighted by Gasteiger charge is -2.23. The van der Waals surface area contributed by atoms with Crippen LogP contribution in [-0.2, 0) is 9.53 Å². The summed E-state index contributed by atoms with van der Waals surface area (Å²) in [5.74, 6) is 0.353.